The Balaban J connectivity index is 2.22. The highest BCUT2D eigenvalue weighted by Crippen LogP contribution is 2.29. The number of methoxy groups -OCH3 is 2. The van der Waals surface area contributed by atoms with Crippen molar-refractivity contribution in [3.63, 3.8) is 0 Å². The van der Waals surface area contributed by atoms with Crippen molar-refractivity contribution < 1.29 is 9.47 Å². The Hall–Kier alpha value is -2.35. The number of hydrogen-bond donors (Lipinski definition) is 2. The van der Waals surface area contributed by atoms with Gasteiger partial charge in [-0.15, -0.1) is 0 Å². The standard InChI is InChI=1S/C13H13BrN4O3/c1-20-10-5-3-4-8(12(10)21-2)6-15-17-9-7-16-18-13(19)11(9)14/h3-7H,1-2H3,(H2,17,18,19)/b15-6-. The van der Waals surface area contributed by atoms with Crippen LogP contribution < -0.4 is 20.5 Å². The van der Waals surface area contributed by atoms with E-state index in [1.54, 1.807) is 26.5 Å². The lowest BCUT2D eigenvalue weighted by atomic mass is 10.2. The molecule has 0 bridgehead atoms. The summed E-state index contributed by atoms with van der Waals surface area (Å²) in [5, 5.41) is 10.0. The van der Waals surface area contributed by atoms with Gasteiger partial charge in [-0.25, -0.2) is 5.10 Å². The van der Waals surface area contributed by atoms with E-state index in [2.05, 4.69) is 36.7 Å². The largest absolute Gasteiger partial charge is 0.493 e. The third-order valence-electron chi connectivity index (χ3n) is 2.62. The van der Waals surface area contributed by atoms with E-state index >= 15 is 0 Å². The number of hydrazone groups is 1. The lowest BCUT2D eigenvalue weighted by Gasteiger charge is -2.09. The summed E-state index contributed by atoms with van der Waals surface area (Å²) in [5.74, 6) is 1.19. The highest BCUT2D eigenvalue weighted by molar-refractivity contribution is 9.10. The maximum absolute atomic E-state index is 11.4. The summed E-state index contributed by atoms with van der Waals surface area (Å²) in [6.45, 7) is 0. The zero-order chi connectivity index (χ0) is 15.2. The average molecular weight is 353 g/mol. The van der Waals surface area contributed by atoms with Crippen LogP contribution in [0.15, 0.2) is 38.8 Å². The maximum atomic E-state index is 11.4. The van der Waals surface area contributed by atoms with Gasteiger partial charge in [0.1, 0.15) is 4.47 Å². The Morgan fingerprint density at radius 3 is 2.90 bits per heavy atom. The number of hydrogen-bond acceptors (Lipinski definition) is 6. The van der Waals surface area contributed by atoms with Gasteiger partial charge in [-0.3, -0.25) is 10.2 Å². The molecule has 1 heterocycles. The second kappa shape index (κ2) is 6.89. The summed E-state index contributed by atoms with van der Waals surface area (Å²) < 4.78 is 10.8. The lowest BCUT2D eigenvalue weighted by molar-refractivity contribution is 0.354. The minimum absolute atomic E-state index is 0.326. The molecule has 0 amide bonds. The Bertz CT molecular complexity index is 715. The van der Waals surface area contributed by atoms with Crippen LogP contribution in [0, 0.1) is 0 Å². The molecule has 0 aliphatic heterocycles. The van der Waals surface area contributed by atoms with Crippen LogP contribution >= 0.6 is 15.9 Å². The number of nitrogens with zero attached hydrogens (tertiary/aromatic N) is 2. The van der Waals surface area contributed by atoms with Crippen LogP contribution in [0.2, 0.25) is 0 Å². The van der Waals surface area contributed by atoms with E-state index < -0.39 is 0 Å². The molecule has 0 radical (unpaired) electrons. The molecule has 8 heteroatoms. The van der Waals surface area contributed by atoms with Crippen molar-refractivity contribution in [3.05, 3.63) is 44.8 Å². The molecule has 0 spiro atoms. The number of benzene rings is 1. The lowest BCUT2D eigenvalue weighted by Crippen LogP contribution is -2.10. The van der Waals surface area contributed by atoms with E-state index in [1.165, 1.54) is 6.20 Å². The minimum Gasteiger partial charge on any atom is -0.493 e. The third kappa shape index (κ3) is 3.40. The van der Waals surface area contributed by atoms with Crippen LogP contribution in [0.25, 0.3) is 0 Å². The van der Waals surface area contributed by atoms with Gasteiger partial charge in [-0.05, 0) is 28.1 Å². The van der Waals surface area contributed by atoms with Crippen LogP contribution in [-0.4, -0.2) is 30.6 Å². The van der Waals surface area contributed by atoms with Gasteiger partial charge in [0.25, 0.3) is 5.56 Å². The number of aromatic nitrogens is 2. The maximum Gasteiger partial charge on any atom is 0.280 e. The number of para-hydroxylation sites is 1. The van der Waals surface area contributed by atoms with Crippen LogP contribution in [0.5, 0.6) is 11.5 Å². The number of halogens is 1. The first-order chi connectivity index (χ1) is 10.2. The Morgan fingerprint density at radius 1 is 1.38 bits per heavy atom. The van der Waals surface area contributed by atoms with Gasteiger partial charge in [0.15, 0.2) is 11.5 Å². The van der Waals surface area contributed by atoms with Gasteiger partial charge in [0.05, 0.1) is 32.3 Å². The molecule has 2 rings (SSSR count). The molecule has 0 aliphatic rings. The minimum atomic E-state index is -0.339. The van der Waals surface area contributed by atoms with Crippen LogP contribution in [0.4, 0.5) is 5.69 Å². The van der Waals surface area contributed by atoms with Gasteiger partial charge in [-0.2, -0.15) is 10.2 Å². The van der Waals surface area contributed by atoms with E-state index in [-0.39, 0.29) is 5.56 Å². The van der Waals surface area contributed by atoms with E-state index in [0.717, 1.165) is 5.56 Å². The second-order valence-electron chi connectivity index (χ2n) is 3.88. The molecule has 0 unspecified atom stereocenters. The molecule has 0 saturated carbocycles. The Morgan fingerprint density at radius 2 is 2.19 bits per heavy atom. The zero-order valence-corrected chi connectivity index (χ0v) is 13.0. The van der Waals surface area contributed by atoms with Gasteiger partial charge >= 0.3 is 0 Å². The normalized spacial score (nSPS) is 10.6. The van der Waals surface area contributed by atoms with Crippen molar-refractivity contribution in [1.29, 1.82) is 0 Å². The molecule has 0 fully saturated rings. The van der Waals surface area contributed by atoms with Gasteiger partial charge in [0, 0.05) is 5.56 Å². The molecule has 0 aliphatic carbocycles. The van der Waals surface area contributed by atoms with Crippen molar-refractivity contribution in [2.24, 2.45) is 5.10 Å². The third-order valence-corrected chi connectivity index (χ3v) is 3.40. The van der Waals surface area contributed by atoms with Crippen molar-refractivity contribution in [1.82, 2.24) is 10.2 Å². The molecule has 1 aromatic carbocycles. The number of nitrogens with one attached hydrogen (secondary N) is 2. The molecule has 2 N–H and O–H groups in total. The summed E-state index contributed by atoms with van der Waals surface area (Å²) in [6.07, 6.45) is 3.01. The Kier molecular flexibility index (Phi) is 4.94. The van der Waals surface area contributed by atoms with Crippen molar-refractivity contribution in [2.75, 3.05) is 19.6 Å². The molecule has 110 valence electrons. The second-order valence-corrected chi connectivity index (χ2v) is 4.67. The SMILES string of the molecule is COc1cccc(/C=N\Nc2cn[nH]c(=O)c2Br)c1OC. The Labute approximate surface area is 129 Å². The summed E-state index contributed by atoms with van der Waals surface area (Å²) >= 11 is 3.15. The fourth-order valence-corrected chi connectivity index (χ4v) is 1.93. The molecular weight excluding hydrogens is 340 g/mol. The first kappa shape index (κ1) is 15.0. The molecule has 0 saturated heterocycles. The fraction of sp³-hybridized carbons (Fsp3) is 0.154. The highest BCUT2D eigenvalue weighted by Gasteiger charge is 2.07. The first-order valence-corrected chi connectivity index (χ1v) is 6.70. The molecule has 0 atom stereocenters. The van der Waals surface area contributed by atoms with Crippen molar-refractivity contribution in [2.45, 2.75) is 0 Å². The van der Waals surface area contributed by atoms with E-state index in [9.17, 15) is 4.79 Å². The predicted molar refractivity (Wildman–Crippen MR) is 83.3 cm³/mol. The van der Waals surface area contributed by atoms with Gasteiger partial charge in [0.2, 0.25) is 0 Å². The van der Waals surface area contributed by atoms with E-state index in [4.69, 9.17) is 9.47 Å². The number of anilines is 1. The van der Waals surface area contributed by atoms with Crippen LogP contribution in [0.1, 0.15) is 5.56 Å². The quantitative estimate of drug-likeness (QED) is 0.634. The smallest absolute Gasteiger partial charge is 0.280 e. The number of rotatable bonds is 5. The van der Waals surface area contributed by atoms with Crippen molar-refractivity contribution >= 4 is 27.8 Å². The number of ether oxygens (including phenoxy) is 2. The molecule has 2 aromatic rings. The van der Waals surface area contributed by atoms with Crippen molar-refractivity contribution in [3.8, 4) is 11.5 Å². The molecular formula is C13H13BrN4O3. The summed E-state index contributed by atoms with van der Waals surface area (Å²) in [6, 6.07) is 5.45. The summed E-state index contributed by atoms with van der Waals surface area (Å²) in [4.78, 5) is 11.4. The number of H-pyrrole nitrogens is 1. The van der Waals surface area contributed by atoms with Crippen LogP contribution in [0.3, 0.4) is 0 Å². The molecule has 1 aromatic heterocycles. The van der Waals surface area contributed by atoms with E-state index in [1.807, 2.05) is 12.1 Å². The van der Waals surface area contributed by atoms with Gasteiger partial charge < -0.3 is 9.47 Å². The fourth-order valence-electron chi connectivity index (χ4n) is 1.65. The average Bonchev–Trinajstić information content (AvgIpc) is 2.51. The highest BCUT2D eigenvalue weighted by atomic mass is 79.9. The molecule has 21 heavy (non-hydrogen) atoms. The first-order valence-electron chi connectivity index (χ1n) is 5.90. The van der Waals surface area contributed by atoms with Gasteiger partial charge in [-0.1, -0.05) is 6.07 Å². The number of aromatic amines is 1. The predicted octanol–water partition coefficient (Wildman–Crippen LogP) is 2.00. The molecule has 7 nitrogen and oxygen atoms in total. The van der Waals surface area contributed by atoms with E-state index in [0.29, 0.717) is 21.7 Å². The topological polar surface area (TPSA) is 88.6 Å². The monoisotopic (exact) mass is 352 g/mol. The summed E-state index contributed by atoms with van der Waals surface area (Å²) in [7, 11) is 3.12. The zero-order valence-electron chi connectivity index (χ0n) is 11.4. The summed E-state index contributed by atoms with van der Waals surface area (Å²) in [5.41, 5.74) is 3.59. The van der Waals surface area contributed by atoms with Crippen LogP contribution in [-0.2, 0) is 0 Å².